The fourth-order valence-corrected chi connectivity index (χ4v) is 2.53. The lowest BCUT2D eigenvalue weighted by Crippen LogP contribution is -2.30. The fraction of sp³-hybridized carbons (Fsp3) is 0.467. The smallest absolute Gasteiger partial charge is 0.244 e. The van der Waals surface area contributed by atoms with Gasteiger partial charge in [0.15, 0.2) is 0 Å². The highest BCUT2D eigenvalue weighted by Gasteiger charge is 2.15. The van der Waals surface area contributed by atoms with Crippen molar-refractivity contribution < 1.29 is 4.79 Å². The van der Waals surface area contributed by atoms with E-state index < -0.39 is 0 Å². The van der Waals surface area contributed by atoms with Gasteiger partial charge in [0, 0.05) is 25.8 Å². The number of anilines is 1. The fourth-order valence-electron chi connectivity index (χ4n) is 2.53. The highest BCUT2D eigenvalue weighted by atomic mass is 16.2. The molecular formula is C15H20N6O. The summed E-state index contributed by atoms with van der Waals surface area (Å²) in [6.45, 7) is 4.42. The first-order valence-corrected chi connectivity index (χ1v) is 7.56. The molecular weight excluding hydrogens is 280 g/mol. The van der Waals surface area contributed by atoms with Crippen LogP contribution in [0.4, 0.5) is 5.82 Å². The molecule has 1 aliphatic heterocycles. The highest BCUT2D eigenvalue weighted by molar-refractivity contribution is 5.79. The Bertz CT molecular complexity index is 603. The first kappa shape index (κ1) is 14.5. The van der Waals surface area contributed by atoms with Gasteiger partial charge in [0.1, 0.15) is 24.5 Å². The number of rotatable bonds is 5. The van der Waals surface area contributed by atoms with E-state index >= 15 is 0 Å². The summed E-state index contributed by atoms with van der Waals surface area (Å²) in [5.74, 6) is 0.928. The first-order chi connectivity index (χ1) is 10.7. The van der Waals surface area contributed by atoms with Gasteiger partial charge in [-0.3, -0.25) is 4.79 Å². The van der Waals surface area contributed by atoms with Crippen molar-refractivity contribution in [2.24, 2.45) is 0 Å². The van der Waals surface area contributed by atoms with Crippen LogP contribution < -0.4 is 10.2 Å². The van der Waals surface area contributed by atoms with Crippen molar-refractivity contribution in [3.8, 4) is 0 Å². The van der Waals surface area contributed by atoms with Crippen LogP contribution in [0.25, 0.3) is 0 Å². The molecule has 7 heteroatoms. The molecule has 0 saturated carbocycles. The Labute approximate surface area is 129 Å². The van der Waals surface area contributed by atoms with Crippen LogP contribution in [0.3, 0.4) is 0 Å². The minimum atomic E-state index is -0.376. The molecule has 1 N–H and O–H groups in total. The molecule has 116 valence electrons. The minimum Gasteiger partial charge on any atom is -0.357 e. The maximum absolute atomic E-state index is 12.1. The molecule has 0 spiro atoms. The Hall–Kier alpha value is -2.44. The van der Waals surface area contributed by atoms with Gasteiger partial charge in [0.05, 0.1) is 0 Å². The third kappa shape index (κ3) is 3.24. The maximum atomic E-state index is 12.1. The molecule has 1 saturated heterocycles. The Balaban J connectivity index is 1.53. The second-order valence-corrected chi connectivity index (χ2v) is 5.49. The molecule has 3 heterocycles. The number of carbonyl (C=O) groups is 1. The molecule has 0 bridgehead atoms. The van der Waals surface area contributed by atoms with Crippen molar-refractivity contribution in [1.82, 2.24) is 25.1 Å². The summed E-state index contributed by atoms with van der Waals surface area (Å²) >= 11 is 0. The van der Waals surface area contributed by atoms with Gasteiger partial charge < -0.3 is 10.2 Å². The third-order valence-electron chi connectivity index (χ3n) is 3.92. The molecule has 0 radical (unpaired) electrons. The lowest BCUT2D eigenvalue weighted by atomic mass is 10.2. The molecule has 1 amide bonds. The zero-order valence-electron chi connectivity index (χ0n) is 12.6. The molecule has 1 aliphatic rings. The zero-order valence-corrected chi connectivity index (χ0v) is 12.6. The summed E-state index contributed by atoms with van der Waals surface area (Å²) in [6, 6.07) is 3.66. The van der Waals surface area contributed by atoms with Crippen LogP contribution in [0.15, 0.2) is 31.0 Å². The van der Waals surface area contributed by atoms with E-state index in [4.69, 9.17) is 0 Å². The number of pyridine rings is 1. The summed E-state index contributed by atoms with van der Waals surface area (Å²) in [5, 5.41) is 6.87. The van der Waals surface area contributed by atoms with Gasteiger partial charge >= 0.3 is 0 Å². The van der Waals surface area contributed by atoms with E-state index in [1.54, 1.807) is 6.92 Å². The van der Waals surface area contributed by atoms with Crippen LogP contribution in [0.2, 0.25) is 0 Å². The Morgan fingerprint density at radius 3 is 2.82 bits per heavy atom. The summed E-state index contributed by atoms with van der Waals surface area (Å²) in [7, 11) is 0. The van der Waals surface area contributed by atoms with Crippen LogP contribution in [-0.4, -0.2) is 38.7 Å². The highest BCUT2D eigenvalue weighted by Crippen LogP contribution is 2.17. The minimum absolute atomic E-state index is 0.0888. The average molecular weight is 300 g/mol. The van der Waals surface area contributed by atoms with E-state index in [1.807, 2.05) is 18.3 Å². The number of hydrogen-bond donors (Lipinski definition) is 1. The van der Waals surface area contributed by atoms with Gasteiger partial charge in [-0.05, 0) is 31.4 Å². The van der Waals surface area contributed by atoms with Crippen LogP contribution >= 0.6 is 0 Å². The van der Waals surface area contributed by atoms with Crippen molar-refractivity contribution in [3.63, 3.8) is 0 Å². The van der Waals surface area contributed by atoms with Crippen molar-refractivity contribution >= 4 is 11.7 Å². The van der Waals surface area contributed by atoms with Crippen LogP contribution in [0.1, 0.15) is 31.4 Å². The van der Waals surface area contributed by atoms with Gasteiger partial charge in [0.2, 0.25) is 5.91 Å². The van der Waals surface area contributed by atoms with Crippen LogP contribution in [-0.2, 0) is 11.3 Å². The lowest BCUT2D eigenvalue weighted by Gasteiger charge is -2.16. The van der Waals surface area contributed by atoms with Crippen molar-refractivity contribution in [1.29, 1.82) is 0 Å². The Kier molecular flexibility index (Phi) is 4.32. The molecule has 0 unspecified atom stereocenters. The predicted molar refractivity (Wildman–Crippen MR) is 82.3 cm³/mol. The van der Waals surface area contributed by atoms with Gasteiger partial charge in [-0.1, -0.05) is 6.07 Å². The van der Waals surface area contributed by atoms with E-state index in [0.717, 1.165) is 24.5 Å². The van der Waals surface area contributed by atoms with Crippen LogP contribution in [0, 0.1) is 0 Å². The Morgan fingerprint density at radius 2 is 2.18 bits per heavy atom. The second kappa shape index (κ2) is 6.55. The van der Waals surface area contributed by atoms with Gasteiger partial charge in [-0.25, -0.2) is 14.6 Å². The SMILES string of the molecule is C[C@H](C(=O)NCc1ccc(N2CCCC2)nc1)n1cncn1. The van der Waals surface area contributed by atoms with Crippen molar-refractivity contribution in [2.45, 2.75) is 32.4 Å². The van der Waals surface area contributed by atoms with E-state index in [0.29, 0.717) is 6.54 Å². The Morgan fingerprint density at radius 1 is 1.36 bits per heavy atom. The number of aromatic nitrogens is 4. The second-order valence-electron chi connectivity index (χ2n) is 5.49. The van der Waals surface area contributed by atoms with Gasteiger partial charge in [0.25, 0.3) is 0 Å². The summed E-state index contributed by atoms with van der Waals surface area (Å²) in [5.41, 5.74) is 0.988. The summed E-state index contributed by atoms with van der Waals surface area (Å²) < 4.78 is 1.53. The van der Waals surface area contributed by atoms with Crippen LogP contribution in [0.5, 0.6) is 0 Å². The summed E-state index contributed by atoms with van der Waals surface area (Å²) in [6.07, 6.45) is 7.26. The van der Waals surface area contributed by atoms with Crippen molar-refractivity contribution in [2.75, 3.05) is 18.0 Å². The predicted octanol–water partition coefficient (Wildman–Crippen LogP) is 1.15. The van der Waals surface area contributed by atoms with Gasteiger partial charge in [-0.2, -0.15) is 5.10 Å². The molecule has 3 rings (SSSR count). The van der Waals surface area contributed by atoms with Crippen molar-refractivity contribution in [3.05, 3.63) is 36.5 Å². The maximum Gasteiger partial charge on any atom is 0.244 e. The lowest BCUT2D eigenvalue weighted by molar-refractivity contribution is -0.124. The molecule has 2 aromatic heterocycles. The monoisotopic (exact) mass is 300 g/mol. The number of nitrogens with zero attached hydrogens (tertiary/aromatic N) is 5. The van der Waals surface area contributed by atoms with E-state index in [2.05, 4.69) is 25.3 Å². The average Bonchev–Trinajstić information content (AvgIpc) is 3.25. The number of carbonyl (C=O) groups excluding carboxylic acids is 1. The standard InChI is InChI=1S/C15H20N6O/c1-12(21-11-16-10-19-21)15(22)18-9-13-4-5-14(17-8-13)20-6-2-3-7-20/h4-5,8,10-12H,2-3,6-7,9H2,1H3,(H,18,22)/t12-/m1/s1. The third-order valence-corrected chi connectivity index (χ3v) is 3.92. The molecule has 7 nitrogen and oxygen atoms in total. The molecule has 1 fully saturated rings. The molecule has 22 heavy (non-hydrogen) atoms. The zero-order chi connectivity index (χ0) is 15.4. The summed E-state index contributed by atoms with van der Waals surface area (Å²) in [4.78, 5) is 22.7. The largest absolute Gasteiger partial charge is 0.357 e. The van der Waals surface area contributed by atoms with E-state index in [1.165, 1.54) is 30.2 Å². The van der Waals surface area contributed by atoms with Gasteiger partial charge in [-0.15, -0.1) is 0 Å². The normalized spacial score (nSPS) is 15.8. The molecule has 0 aliphatic carbocycles. The molecule has 0 aromatic carbocycles. The number of hydrogen-bond acceptors (Lipinski definition) is 5. The molecule has 1 atom stereocenters. The van der Waals surface area contributed by atoms with E-state index in [9.17, 15) is 4.79 Å². The number of amides is 1. The van der Waals surface area contributed by atoms with E-state index in [-0.39, 0.29) is 11.9 Å². The number of nitrogens with one attached hydrogen (secondary N) is 1. The topological polar surface area (TPSA) is 75.9 Å². The first-order valence-electron chi connectivity index (χ1n) is 7.56. The quantitative estimate of drug-likeness (QED) is 0.896. The molecule has 2 aromatic rings.